The van der Waals surface area contributed by atoms with Gasteiger partial charge in [0.25, 0.3) is 0 Å². The van der Waals surface area contributed by atoms with E-state index in [9.17, 15) is 9.59 Å². The summed E-state index contributed by atoms with van der Waals surface area (Å²) in [6, 6.07) is 6.08. The summed E-state index contributed by atoms with van der Waals surface area (Å²) in [6.45, 7) is 4.45. The molecule has 0 bridgehead atoms. The fourth-order valence-corrected chi connectivity index (χ4v) is 2.48. The van der Waals surface area contributed by atoms with Gasteiger partial charge in [0.2, 0.25) is 0 Å². The van der Waals surface area contributed by atoms with Crippen molar-refractivity contribution >= 4 is 11.9 Å². The van der Waals surface area contributed by atoms with E-state index in [4.69, 9.17) is 14.2 Å². The van der Waals surface area contributed by atoms with E-state index in [1.807, 2.05) is 26.0 Å². The maximum atomic E-state index is 11.4. The minimum atomic E-state index is -0.157. The number of ether oxygens (including phenoxy) is 3. The second-order valence-electron chi connectivity index (χ2n) is 5.51. The number of esters is 2. The normalized spacial score (nSPS) is 10.3. The highest BCUT2D eigenvalue weighted by Gasteiger charge is 2.07. The quantitative estimate of drug-likeness (QED) is 0.579. The molecule has 0 aliphatic rings. The maximum absolute atomic E-state index is 11.4. The first-order valence-electron chi connectivity index (χ1n) is 8.57. The molecular weight excluding hydrogens is 308 g/mol. The topological polar surface area (TPSA) is 61.8 Å². The molecule has 5 heteroatoms. The molecule has 0 saturated carbocycles. The summed E-state index contributed by atoms with van der Waals surface area (Å²) in [7, 11) is 1.64. The molecule has 24 heavy (non-hydrogen) atoms. The van der Waals surface area contributed by atoms with Gasteiger partial charge in [-0.15, -0.1) is 0 Å². The van der Waals surface area contributed by atoms with Crippen LogP contribution in [0.1, 0.15) is 50.7 Å². The van der Waals surface area contributed by atoms with Crippen LogP contribution in [-0.2, 0) is 31.9 Å². The van der Waals surface area contributed by atoms with Crippen molar-refractivity contribution in [2.75, 3.05) is 20.3 Å². The predicted octanol–water partition coefficient (Wildman–Crippen LogP) is 3.47. The number of carbonyl (C=O) groups is 2. The summed E-state index contributed by atoms with van der Waals surface area (Å²) >= 11 is 0. The second kappa shape index (κ2) is 11.5. The number of rotatable bonds is 11. The zero-order chi connectivity index (χ0) is 17.8. The highest BCUT2D eigenvalue weighted by atomic mass is 16.5. The van der Waals surface area contributed by atoms with Crippen molar-refractivity contribution < 1.29 is 23.8 Å². The smallest absolute Gasteiger partial charge is 0.305 e. The maximum Gasteiger partial charge on any atom is 0.305 e. The molecule has 0 N–H and O–H groups in total. The minimum Gasteiger partial charge on any atom is -0.497 e. The summed E-state index contributed by atoms with van der Waals surface area (Å²) in [4.78, 5) is 22.8. The van der Waals surface area contributed by atoms with Crippen molar-refractivity contribution in [1.82, 2.24) is 0 Å². The molecule has 1 rings (SSSR count). The van der Waals surface area contributed by atoms with Gasteiger partial charge < -0.3 is 14.2 Å². The van der Waals surface area contributed by atoms with Gasteiger partial charge >= 0.3 is 11.9 Å². The molecule has 1 aromatic rings. The van der Waals surface area contributed by atoms with Crippen molar-refractivity contribution in [1.29, 1.82) is 0 Å². The van der Waals surface area contributed by atoms with E-state index >= 15 is 0 Å². The third-order valence-electron chi connectivity index (χ3n) is 3.57. The molecule has 0 saturated heterocycles. The molecule has 0 aliphatic carbocycles. The van der Waals surface area contributed by atoms with Gasteiger partial charge in [-0.1, -0.05) is 6.07 Å². The van der Waals surface area contributed by atoms with Gasteiger partial charge in [-0.3, -0.25) is 9.59 Å². The lowest BCUT2D eigenvalue weighted by molar-refractivity contribution is -0.144. The first kappa shape index (κ1) is 20.0. The highest BCUT2D eigenvalue weighted by molar-refractivity contribution is 5.69. The Bertz CT molecular complexity index is 482. The van der Waals surface area contributed by atoms with Crippen LogP contribution in [-0.4, -0.2) is 32.3 Å². The fraction of sp³-hybridized carbons (Fsp3) is 0.579. The van der Waals surface area contributed by atoms with Crippen molar-refractivity contribution in [3.8, 4) is 5.75 Å². The van der Waals surface area contributed by atoms with E-state index in [0.717, 1.165) is 42.6 Å². The average Bonchev–Trinajstić information content (AvgIpc) is 2.55. The van der Waals surface area contributed by atoms with Crippen LogP contribution in [0.2, 0.25) is 0 Å². The second-order valence-corrected chi connectivity index (χ2v) is 5.51. The Hall–Kier alpha value is -2.04. The standard InChI is InChI=1S/C19H28O5/c1-4-23-18(20)10-6-8-15-12-16(14-17(13-15)22-3)9-7-11-19(21)24-5-2/h12-14H,4-11H2,1-3H3. The average molecular weight is 336 g/mol. The number of methoxy groups -OCH3 is 1. The Morgan fingerprint density at radius 2 is 1.29 bits per heavy atom. The van der Waals surface area contributed by atoms with Crippen LogP contribution in [0.25, 0.3) is 0 Å². The lowest BCUT2D eigenvalue weighted by atomic mass is 10.0. The van der Waals surface area contributed by atoms with Gasteiger partial charge in [0.05, 0.1) is 20.3 Å². The number of hydrogen-bond donors (Lipinski definition) is 0. The Kier molecular flexibility index (Phi) is 9.58. The Balaban J connectivity index is 2.54. The largest absolute Gasteiger partial charge is 0.497 e. The highest BCUT2D eigenvalue weighted by Crippen LogP contribution is 2.20. The number of carbonyl (C=O) groups excluding carboxylic acids is 2. The fourth-order valence-electron chi connectivity index (χ4n) is 2.48. The lowest BCUT2D eigenvalue weighted by Crippen LogP contribution is -2.05. The summed E-state index contributed by atoms with van der Waals surface area (Å²) < 4.78 is 15.2. The third-order valence-corrected chi connectivity index (χ3v) is 3.57. The molecule has 1 aromatic carbocycles. The van der Waals surface area contributed by atoms with Gasteiger partial charge in [0, 0.05) is 12.8 Å². The van der Waals surface area contributed by atoms with Gasteiger partial charge in [-0.05, 0) is 62.8 Å². The number of aryl methyl sites for hydroxylation is 2. The third kappa shape index (κ3) is 7.99. The van der Waals surface area contributed by atoms with E-state index in [0.29, 0.717) is 26.1 Å². The van der Waals surface area contributed by atoms with Crippen LogP contribution in [0, 0.1) is 0 Å². The van der Waals surface area contributed by atoms with Crippen molar-refractivity contribution in [2.45, 2.75) is 52.4 Å². The van der Waals surface area contributed by atoms with Gasteiger partial charge in [-0.2, -0.15) is 0 Å². The van der Waals surface area contributed by atoms with E-state index in [1.54, 1.807) is 7.11 Å². The molecule has 5 nitrogen and oxygen atoms in total. The zero-order valence-electron chi connectivity index (χ0n) is 14.9. The SMILES string of the molecule is CCOC(=O)CCCc1cc(CCCC(=O)OCC)cc(OC)c1. The molecule has 0 heterocycles. The molecule has 0 radical (unpaired) electrons. The monoisotopic (exact) mass is 336 g/mol. The summed E-state index contributed by atoms with van der Waals surface area (Å²) in [5, 5.41) is 0. The molecule has 0 aromatic heterocycles. The van der Waals surface area contributed by atoms with Crippen molar-refractivity contribution in [3.63, 3.8) is 0 Å². The van der Waals surface area contributed by atoms with E-state index < -0.39 is 0 Å². The zero-order valence-corrected chi connectivity index (χ0v) is 14.9. The van der Waals surface area contributed by atoms with E-state index in [-0.39, 0.29) is 11.9 Å². The van der Waals surface area contributed by atoms with Crippen LogP contribution in [0.15, 0.2) is 18.2 Å². The van der Waals surface area contributed by atoms with Crippen molar-refractivity contribution in [2.24, 2.45) is 0 Å². The molecule has 0 fully saturated rings. The molecule has 0 amide bonds. The summed E-state index contributed by atoms with van der Waals surface area (Å²) in [6.07, 6.45) is 3.91. The van der Waals surface area contributed by atoms with Crippen LogP contribution < -0.4 is 4.74 Å². The predicted molar refractivity (Wildman–Crippen MR) is 92.1 cm³/mol. The Labute approximate surface area is 144 Å². The molecule has 0 spiro atoms. The van der Waals surface area contributed by atoms with Crippen LogP contribution in [0.5, 0.6) is 5.75 Å². The van der Waals surface area contributed by atoms with Gasteiger partial charge in [0.1, 0.15) is 5.75 Å². The first-order chi connectivity index (χ1) is 11.6. The van der Waals surface area contributed by atoms with Crippen molar-refractivity contribution in [3.05, 3.63) is 29.3 Å². The first-order valence-corrected chi connectivity index (χ1v) is 8.57. The molecule has 0 aliphatic heterocycles. The summed E-state index contributed by atoms with van der Waals surface area (Å²) in [5.74, 6) is 0.486. The van der Waals surface area contributed by atoms with Gasteiger partial charge in [-0.25, -0.2) is 0 Å². The molecule has 0 unspecified atom stereocenters. The molecule has 0 atom stereocenters. The number of benzene rings is 1. The van der Waals surface area contributed by atoms with Gasteiger partial charge in [0.15, 0.2) is 0 Å². The molecular formula is C19H28O5. The Morgan fingerprint density at radius 1 is 0.833 bits per heavy atom. The van der Waals surface area contributed by atoms with Crippen LogP contribution in [0.4, 0.5) is 0 Å². The minimum absolute atomic E-state index is 0.157. The van der Waals surface area contributed by atoms with E-state index in [1.165, 1.54) is 0 Å². The summed E-state index contributed by atoms with van der Waals surface area (Å²) in [5.41, 5.74) is 2.26. The van der Waals surface area contributed by atoms with Crippen LogP contribution >= 0.6 is 0 Å². The number of hydrogen-bond acceptors (Lipinski definition) is 5. The van der Waals surface area contributed by atoms with E-state index in [2.05, 4.69) is 6.07 Å². The lowest BCUT2D eigenvalue weighted by Gasteiger charge is -2.09. The Morgan fingerprint density at radius 3 is 1.67 bits per heavy atom. The molecule has 134 valence electrons. The van der Waals surface area contributed by atoms with Crippen LogP contribution in [0.3, 0.4) is 0 Å².